The van der Waals surface area contributed by atoms with Crippen molar-refractivity contribution >= 4 is 15.9 Å². The van der Waals surface area contributed by atoms with Gasteiger partial charge in [-0.3, -0.25) is 4.79 Å². The van der Waals surface area contributed by atoms with Crippen LogP contribution in [-0.4, -0.2) is 27.5 Å². The van der Waals surface area contributed by atoms with E-state index in [4.69, 9.17) is 14.3 Å². The van der Waals surface area contributed by atoms with Gasteiger partial charge in [0.05, 0.1) is 23.8 Å². The molecule has 124 valence electrons. The van der Waals surface area contributed by atoms with Crippen molar-refractivity contribution in [2.45, 2.75) is 24.3 Å². The molecule has 1 heterocycles. The van der Waals surface area contributed by atoms with Gasteiger partial charge in [0.15, 0.2) is 0 Å². The Morgan fingerprint density at radius 1 is 1.39 bits per heavy atom. The molecular formula is C15H18N2O5S. The van der Waals surface area contributed by atoms with E-state index in [1.807, 2.05) is 13.0 Å². The first kappa shape index (κ1) is 17.0. The third-order valence-electron chi connectivity index (χ3n) is 3.21. The lowest BCUT2D eigenvalue weighted by molar-refractivity contribution is 0.0936. The Balaban J connectivity index is 2.20. The van der Waals surface area contributed by atoms with E-state index in [9.17, 15) is 13.2 Å². The van der Waals surface area contributed by atoms with Crippen molar-refractivity contribution in [2.24, 2.45) is 5.14 Å². The summed E-state index contributed by atoms with van der Waals surface area (Å²) >= 11 is 0. The lowest BCUT2D eigenvalue weighted by atomic mass is 10.1. The van der Waals surface area contributed by atoms with Gasteiger partial charge >= 0.3 is 0 Å². The molecule has 3 N–H and O–H groups in total. The van der Waals surface area contributed by atoms with Crippen LogP contribution in [-0.2, 0) is 16.4 Å². The van der Waals surface area contributed by atoms with Crippen LogP contribution in [0.2, 0.25) is 0 Å². The second kappa shape index (κ2) is 6.84. The number of methoxy groups -OCH3 is 1. The Morgan fingerprint density at radius 3 is 2.70 bits per heavy atom. The van der Waals surface area contributed by atoms with Crippen molar-refractivity contribution in [1.29, 1.82) is 0 Å². The fourth-order valence-corrected chi connectivity index (χ4v) is 2.66. The Labute approximate surface area is 134 Å². The van der Waals surface area contributed by atoms with Gasteiger partial charge in [0.25, 0.3) is 5.91 Å². The summed E-state index contributed by atoms with van der Waals surface area (Å²) in [6, 6.07) is 7.25. The van der Waals surface area contributed by atoms with Crippen LogP contribution in [0.5, 0.6) is 5.75 Å². The van der Waals surface area contributed by atoms with Crippen LogP contribution >= 0.6 is 0 Å². The molecule has 1 atom stereocenters. The number of ether oxygens (including phenoxy) is 1. The Hall–Kier alpha value is -2.32. The van der Waals surface area contributed by atoms with E-state index in [0.29, 0.717) is 6.42 Å². The number of hydrogen-bond donors (Lipinski definition) is 2. The molecule has 0 radical (unpaired) electrons. The zero-order valence-electron chi connectivity index (χ0n) is 12.8. The molecule has 0 saturated heterocycles. The molecule has 0 spiro atoms. The summed E-state index contributed by atoms with van der Waals surface area (Å²) in [5, 5.41) is 7.87. The number of nitrogens with two attached hydrogens (primary N) is 1. The first-order valence-electron chi connectivity index (χ1n) is 6.85. The average molecular weight is 338 g/mol. The van der Waals surface area contributed by atoms with Crippen molar-refractivity contribution < 1.29 is 22.4 Å². The van der Waals surface area contributed by atoms with E-state index in [-0.39, 0.29) is 22.3 Å². The van der Waals surface area contributed by atoms with Crippen molar-refractivity contribution in [1.82, 2.24) is 5.32 Å². The lowest BCUT2D eigenvalue weighted by Gasteiger charge is -2.15. The fraction of sp³-hybridized carbons (Fsp3) is 0.267. The summed E-state index contributed by atoms with van der Waals surface area (Å²) in [6.45, 7) is 1.82. The average Bonchev–Trinajstić information content (AvgIpc) is 2.98. The van der Waals surface area contributed by atoms with E-state index in [1.165, 1.54) is 25.3 Å². The minimum absolute atomic E-state index is 0.102. The van der Waals surface area contributed by atoms with Crippen LogP contribution in [0.1, 0.15) is 23.0 Å². The molecule has 0 saturated carbocycles. The van der Waals surface area contributed by atoms with Gasteiger partial charge in [0, 0.05) is 12.5 Å². The van der Waals surface area contributed by atoms with E-state index in [1.54, 1.807) is 12.3 Å². The number of primary sulfonamides is 1. The molecule has 0 fully saturated rings. The quantitative estimate of drug-likeness (QED) is 0.824. The maximum absolute atomic E-state index is 12.4. The topological polar surface area (TPSA) is 112 Å². The van der Waals surface area contributed by atoms with Crippen LogP contribution in [0, 0.1) is 0 Å². The summed E-state index contributed by atoms with van der Waals surface area (Å²) in [5.41, 5.74) is 0.102. The van der Waals surface area contributed by atoms with Crippen LogP contribution < -0.4 is 15.2 Å². The number of furan rings is 1. The van der Waals surface area contributed by atoms with Gasteiger partial charge in [0.2, 0.25) is 10.0 Å². The first-order chi connectivity index (χ1) is 10.8. The minimum atomic E-state index is -3.90. The number of carbonyl (C=O) groups is 1. The molecule has 1 aromatic carbocycles. The Bertz CT molecular complexity index is 784. The molecule has 0 aliphatic rings. The number of sulfonamides is 1. The predicted molar refractivity (Wildman–Crippen MR) is 83.7 cm³/mol. The van der Waals surface area contributed by atoms with Crippen LogP contribution in [0.15, 0.2) is 45.9 Å². The van der Waals surface area contributed by atoms with Crippen molar-refractivity contribution in [3.63, 3.8) is 0 Å². The normalized spacial score (nSPS) is 12.7. The second-order valence-corrected chi connectivity index (χ2v) is 6.63. The van der Waals surface area contributed by atoms with Crippen molar-refractivity contribution in [2.75, 3.05) is 7.11 Å². The highest BCUT2D eigenvalue weighted by atomic mass is 32.2. The third kappa shape index (κ3) is 4.33. The van der Waals surface area contributed by atoms with E-state index < -0.39 is 15.9 Å². The number of amides is 1. The number of carbonyl (C=O) groups excluding carboxylic acids is 1. The molecule has 23 heavy (non-hydrogen) atoms. The van der Waals surface area contributed by atoms with Gasteiger partial charge in [0.1, 0.15) is 11.5 Å². The van der Waals surface area contributed by atoms with Gasteiger partial charge in [-0.05, 0) is 37.3 Å². The van der Waals surface area contributed by atoms with Gasteiger partial charge < -0.3 is 14.5 Å². The summed E-state index contributed by atoms with van der Waals surface area (Å²) in [7, 11) is -2.51. The molecular weight excluding hydrogens is 320 g/mol. The largest absolute Gasteiger partial charge is 0.496 e. The number of nitrogens with one attached hydrogen (secondary N) is 1. The van der Waals surface area contributed by atoms with Crippen LogP contribution in [0.3, 0.4) is 0 Å². The number of benzene rings is 1. The van der Waals surface area contributed by atoms with E-state index >= 15 is 0 Å². The molecule has 8 heteroatoms. The van der Waals surface area contributed by atoms with Gasteiger partial charge in [-0.25, -0.2) is 13.6 Å². The highest BCUT2D eigenvalue weighted by Crippen LogP contribution is 2.22. The molecule has 2 rings (SSSR count). The predicted octanol–water partition coefficient (Wildman–Crippen LogP) is 1.30. The van der Waals surface area contributed by atoms with Gasteiger partial charge in [-0.2, -0.15) is 0 Å². The highest BCUT2D eigenvalue weighted by Gasteiger charge is 2.19. The smallest absolute Gasteiger partial charge is 0.255 e. The summed E-state index contributed by atoms with van der Waals surface area (Å²) < 4.78 is 33.2. The van der Waals surface area contributed by atoms with Crippen molar-refractivity contribution in [3.8, 4) is 5.75 Å². The van der Waals surface area contributed by atoms with E-state index in [2.05, 4.69) is 5.32 Å². The van der Waals surface area contributed by atoms with Gasteiger partial charge in [-0.15, -0.1) is 0 Å². The zero-order chi connectivity index (χ0) is 17.0. The molecule has 0 aliphatic carbocycles. The van der Waals surface area contributed by atoms with Crippen molar-refractivity contribution in [3.05, 3.63) is 47.9 Å². The monoisotopic (exact) mass is 338 g/mol. The highest BCUT2D eigenvalue weighted by molar-refractivity contribution is 7.89. The lowest BCUT2D eigenvalue weighted by Crippen LogP contribution is -2.34. The van der Waals surface area contributed by atoms with E-state index in [0.717, 1.165) is 5.76 Å². The summed E-state index contributed by atoms with van der Waals surface area (Å²) in [4.78, 5) is 12.2. The Kier molecular flexibility index (Phi) is 5.07. The SMILES string of the molecule is COc1ccc(S(N)(=O)=O)cc1C(=O)N[C@H](C)Cc1ccco1. The maximum Gasteiger partial charge on any atom is 0.255 e. The third-order valence-corrected chi connectivity index (χ3v) is 4.12. The number of rotatable bonds is 6. The molecule has 0 unspecified atom stereocenters. The standard InChI is InChI=1S/C15H18N2O5S/c1-10(8-11-4-3-7-22-11)17-15(18)13-9-12(23(16,19)20)5-6-14(13)21-2/h3-7,9-10H,8H2,1-2H3,(H,17,18)(H2,16,19,20)/t10-/m1/s1. The summed E-state index contributed by atoms with van der Waals surface area (Å²) in [6.07, 6.45) is 2.07. The molecule has 7 nitrogen and oxygen atoms in total. The minimum Gasteiger partial charge on any atom is -0.496 e. The number of hydrogen-bond acceptors (Lipinski definition) is 5. The molecule has 1 aromatic heterocycles. The van der Waals surface area contributed by atoms with Crippen LogP contribution in [0.25, 0.3) is 0 Å². The molecule has 1 amide bonds. The maximum atomic E-state index is 12.4. The first-order valence-corrected chi connectivity index (χ1v) is 8.40. The zero-order valence-corrected chi connectivity index (χ0v) is 13.6. The summed E-state index contributed by atoms with van der Waals surface area (Å²) in [5.74, 6) is 0.551. The van der Waals surface area contributed by atoms with Gasteiger partial charge in [-0.1, -0.05) is 0 Å². The molecule has 2 aromatic rings. The Morgan fingerprint density at radius 2 is 2.13 bits per heavy atom. The fourth-order valence-electron chi connectivity index (χ4n) is 2.12. The molecule has 0 bridgehead atoms. The van der Waals surface area contributed by atoms with Crippen LogP contribution in [0.4, 0.5) is 0 Å². The molecule has 0 aliphatic heterocycles. The second-order valence-electron chi connectivity index (χ2n) is 5.07.